The maximum atomic E-state index is 11.9. The molecule has 4 heterocycles. The second kappa shape index (κ2) is 11.9. The van der Waals surface area contributed by atoms with E-state index in [9.17, 15) is 4.57 Å². The number of aromatic nitrogens is 8. The second-order valence-electron chi connectivity index (χ2n) is 7.99. The van der Waals surface area contributed by atoms with Crippen LogP contribution in [0.5, 0.6) is 0 Å². The summed E-state index contributed by atoms with van der Waals surface area (Å²) in [6, 6.07) is 0. The normalized spacial score (nSPS) is 11.6. The van der Waals surface area contributed by atoms with Crippen molar-refractivity contribution in [1.29, 1.82) is 0 Å². The lowest BCUT2D eigenvalue weighted by molar-refractivity contribution is -0.00868. The number of anilines is 4. The van der Waals surface area contributed by atoms with E-state index in [4.69, 9.17) is 41.5 Å². The number of nitrogens with zero attached hydrogens (tertiary/aromatic N) is 8. The molecule has 0 aliphatic rings. The first kappa shape index (κ1) is 26.9. The van der Waals surface area contributed by atoms with E-state index in [0.717, 1.165) is 0 Å². The third-order valence-corrected chi connectivity index (χ3v) is 5.64. The van der Waals surface area contributed by atoms with Crippen LogP contribution < -0.4 is 22.9 Å². The van der Waals surface area contributed by atoms with Crippen molar-refractivity contribution in [3.8, 4) is 0 Å². The smallest absolute Gasteiger partial charge is 0.323 e. The first-order valence-electron chi connectivity index (χ1n) is 11.0. The topological polar surface area (TPSA) is 245 Å². The summed E-state index contributed by atoms with van der Waals surface area (Å²) in [7, 11) is -2.84. The van der Waals surface area contributed by atoms with Crippen molar-refractivity contribution in [2.45, 2.75) is 13.1 Å². The van der Waals surface area contributed by atoms with Gasteiger partial charge in [-0.3, -0.25) is 13.6 Å². The van der Waals surface area contributed by atoms with Gasteiger partial charge >= 0.3 is 8.25 Å². The van der Waals surface area contributed by atoms with E-state index in [1.54, 1.807) is 21.8 Å². The number of hydrogen-bond acceptors (Lipinski definition) is 15. The van der Waals surface area contributed by atoms with Crippen molar-refractivity contribution in [1.82, 2.24) is 39.0 Å². The van der Waals surface area contributed by atoms with E-state index in [-0.39, 0.29) is 50.3 Å². The molecular weight excluding hydrogens is 519 g/mol. The Kier molecular flexibility index (Phi) is 8.45. The lowest BCUT2D eigenvalue weighted by atomic mass is 10.3. The lowest BCUT2D eigenvalue weighted by Gasteiger charge is -2.11. The molecule has 0 unspecified atom stereocenters. The minimum absolute atomic E-state index is 0.0449. The number of nitrogen functional groups attached to an aromatic ring is 4. The van der Waals surface area contributed by atoms with Gasteiger partial charge in [0.25, 0.3) is 0 Å². The van der Waals surface area contributed by atoms with Crippen LogP contribution in [0.1, 0.15) is 0 Å². The average molecular weight is 546 g/mol. The van der Waals surface area contributed by atoms with Crippen LogP contribution in [0.3, 0.4) is 0 Å². The van der Waals surface area contributed by atoms with Crippen molar-refractivity contribution in [3.63, 3.8) is 0 Å². The Hall–Kier alpha value is -4.15. The summed E-state index contributed by atoms with van der Waals surface area (Å²) in [5.41, 5.74) is 26.1. The van der Waals surface area contributed by atoms with Gasteiger partial charge < -0.3 is 41.5 Å². The fourth-order valence-electron chi connectivity index (χ4n) is 3.36. The molecule has 18 heteroatoms. The number of imidazole rings is 2. The SMILES string of the molecule is C=C(COCO[PH](=O)OCOCC(=C)Cn1cnc2c(N)nc(N)nc21)Cn1cnc2c(N)nc(N)nc21. The number of nitrogens with two attached hydrogens (primary N) is 4. The third kappa shape index (κ3) is 6.58. The molecule has 0 aliphatic carbocycles. The summed E-state index contributed by atoms with van der Waals surface area (Å²) in [6.45, 7) is 8.30. The second-order valence-corrected chi connectivity index (χ2v) is 9.07. The molecule has 17 nitrogen and oxygen atoms in total. The van der Waals surface area contributed by atoms with Crippen LogP contribution in [0.25, 0.3) is 22.3 Å². The molecule has 0 bridgehead atoms. The number of rotatable bonds is 14. The highest BCUT2D eigenvalue weighted by atomic mass is 31.1. The summed E-state index contributed by atoms with van der Waals surface area (Å²) in [5.74, 6) is 0.475. The molecule has 38 heavy (non-hydrogen) atoms. The zero-order chi connectivity index (χ0) is 27.2. The molecule has 0 atom stereocenters. The van der Waals surface area contributed by atoms with E-state index in [1.165, 1.54) is 0 Å². The molecule has 4 aromatic rings. The monoisotopic (exact) mass is 546 g/mol. The van der Waals surface area contributed by atoms with E-state index in [0.29, 0.717) is 46.6 Å². The Balaban J connectivity index is 1.10. The maximum Gasteiger partial charge on any atom is 0.323 e. The predicted molar refractivity (Wildman–Crippen MR) is 139 cm³/mol. The van der Waals surface area contributed by atoms with Crippen LogP contribution in [0.15, 0.2) is 37.0 Å². The van der Waals surface area contributed by atoms with Crippen LogP contribution in [-0.4, -0.2) is 65.8 Å². The largest absolute Gasteiger partial charge is 0.382 e. The number of fused-ring (bicyclic) bond motifs is 2. The van der Waals surface area contributed by atoms with E-state index < -0.39 is 8.25 Å². The fraction of sp³-hybridized carbons (Fsp3) is 0.300. The molecule has 0 radical (unpaired) electrons. The molecule has 0 saturated heterocycles. The molecule has 0 spiro atoms. The summed E-state index contributed by atoms with van der Waals surface area (Å²) >= 11 is 0. The Labute approximate surface area is 216 Å². The summed E-state index contributed by atoms with van der Waals surface area (Å²) in [5, 5.41) is 0. The van der Waals surface area contributed by atoms with Gasteiger partial charge in [0.1, 0.15) is 11.0 Å². The molecule has 4 rings (SSSR count). The van der Waals surface area contributed by atoms with Crippen LogP contribution in [0, 0.1) is 0 Å². The lowest BCUT2D eigenvalue weighted by Crippen LogP contribution is -2.09. The molecule has 0 fully saturated rings. The van der Waals surface area contributed by atoms with E-state index in [2.05, 4.69) is 43.1 Å². The molecule has 202 valence electrons. The summed E-state index contributed by atoms with van der Waals surface area (Å²) < 4.78 is 36.1. The minimum Gasteiger partial charge on any atom is -0.382 e. The first-order valence-corrected chi connectivity index (χ1v) is 12.2. The standard InChI is InChI=1S/C20H27N12O5P/c1-11(3-31-7-25-13-15(21)27-19(23)29-17(13)31)5-34-9-36-38(33)37-10-35-6-12(2)4-32-8-26-14-16(22)28-20(24)30-18(14)32/h7-8,38H,1-6,9-10H2,(H4,21,23,27,29)(H4,22,24,28,30). The Morgan fingerprint density at radius 1 is 0.763 bits per heavy atom. The van der Waals surface area contributed by atoms with Gasteiger partial charge in [-0.2, -0.15) is 19.9 Å². The zero-order valence-corrected chi connectivity index (χ0v) is 21.2. The van der Waals surface area contributed by atoms with Gasteiger partial charge in [-0.05, 0) is 11.1 Å². The van der Waals surface area contributed by atoms with Gasteiger partial charge in [-0.15, -0.1) is 0 Å². The minimum atomic E-state index is -2.84. The van der Waals surface area contributed by atoms with Gasteiger partial charge in [0.2, 0.25) is 11.9 Å². The van der Waals surface area contributed by atoms with Crippen LogP contribution >= 0.6 is 8.25 Å². The predicted octanol–water partition coefficient (Wildman–Crippen LogP) is 0.479. The van der Waals surface area contributed by atoms with Gasteiger partial charge in [-0.25, -0.2) is 9.97 Å². The van der Waals surface area contributed by atoms with Crippen LogP contribution in [-0.2, 0) is 36.2 Å². The highest BCUT2D eigenvalue weighted by Gasteiger charge is 2.12. The molecular formula is C20H27N12O5P. The van der Waals surface area contributed by atoms with E-state index >= 15 is 0 Å². The number of ether oxygens (including phenoxy) is 2. The molecule has 8 N–H and O–H groups in total. The van der Waals surface area contributed by atoms with E-state index in [1.807, 2.05) is 0 Å². The highest BCUT2D eigenvalue weighted by molar-refractivity contribution is 7.33. The van der Waals surface area contributed by atoms with Crippen LogP contribution in [0.4, 0.5) is 23.5 Å². The molecule has 0 amide bonds. The van der Waals surface area contributed by atoms with Crippen molar-refractivity contribution in [2.75, 3.05) is 49.7 Å². The maximum absolute atomic E-state index is 11.9. The summed E-state index contributed by atoms with van der Waals surface area (Å²) in [6.07, 6.45) is 3.10. The highest BCUT2D eigenvalue weighted by Crippen LogP contribution is 2.24. The van der Waals surface area contributed by atoms with Crippen molar-refractivity contribution < 1.29 is 23.1 Å². The quantitative estimate of drug-likeness (QED) is 0.0726. The fourth-order valence-corrected chi connectivity index (χ4v) is 3.81. The molecule has 0 aliphatic heterocycles. The number of hydrogen-bond donors (Lipinski definition) is 4. The Morgan fingerprint density at radius 3 is 1.61 bits per heavy atom. The van der Waals surface area contributed by atoms with Gasteiger partial charge in [0.05, 0.1) is 25.9 Å². The zero-order valence-electron chi connectivity index (χ0n) is 20.2. The van der Waals surface area contributed by atoms with Gasteiger partial charge in [0, 0.05) is 13.1 Å². The molecule has 4 aromatic heterocycles. The van der Waals surface area contributed by atoms with Gasteiger partial charge in [0.15, 0.2) is 36.5 Å². The molecule has 0 saturated carbocycles. The van der Waals surface area contributed by atoms with Crippen molar-refractivity contribution >= 4 is 54.1 Å². The first-order chi connectivity index (χ1) is 18.2. The van der Waals surface area contributed by atoms with Crippen LogP contribution in [0.2, 0.25) is 0 Å². The van der Waals surface area contributed by atoms with Gasteiger partial charge in [-0.1, -0.05) is 13.2 Å². The summed E-state index contributed by atoms with van der Waals surface area (Å²) in [4.78, 5) is 24.4. The Bertz CT molecular complexity index is 1390. The average Bonchev–Trinajstić information content (AvgIpc) is 3.44. The van der Waals surface area contributed by atoms with Crippen molar-refractivity contribution in [2.24, 2.45) is 0 Å². The Morgan fingerprint density at radius 2 is 1.18 bits per heavy atom. The molecule has 0 aromatic carbocycles. The van der Waals surface area contributed by atoms with Crippen molar-refractivity contribution in [3.05, 3.63) is 37.0 Å². The third-order valence-electron chi connectivity index (χ3n) is 4.94.